The quantitative estimate of drug-likeness (QED) is 0.185. The average molecular weight is 600 g/mol. The van der Waals surface area contributed by atoms with Gasteiger partial charge >= 0.3 is 0 Å². The Kier molecular flexibility index (Phi) is 4.89. The van der Waals surface area contributed by atoms with E-state index >= 15 is 0 Å². The van der Waals surface area contributed by atoms with Gasteiger partial charge in [-0.25, -0.2) is 0 Å². The molecular weight excluding hydrogens is 575 g/mol. The second-order valence-corrected chi connectivity index (χ2v) is 12.5. The molecule has 4 nitrogen and oxygen atoms in total. The number of para-hydroxylation sites is 4. The topological polar surface area (TPSA) is 32.8 Å². The maximum absolute atomic E-state index is 6.37. The molecule has 0 bridgehead atoms. The molecule has 0 N–H and O–H groups in total. The first-order valence-corrected chi connectivity index (χ1v) is 16.1. The van der Waals surface area contributed by atoms with Crippen LogP contribution >= 0.6 is 0 Å². The molecule has 11 rings (SSSR count). The predicted molar refractivity (Wildman–Crippen MR) is 195 cm³/mol. The van der Waals surface area contributed by atoms with E-state index in [1.807, 2.05) is 18.2 Å². The lowest BCUT2D eigenvalue weighted by molar-refractivity contribution is 0.668. The van der Waals surface area contributed by atoms with Crippen molar-refractivity contribution < 1.29 is 8.83 Å². The first-order valence-electron chi connectivity index (χ1n) is 16.1. The second kappa shape index (κ2) is 9.18. The van der Waals surface area contributed by atoms with Crippen LogP contribution in [-0.2, 0) is 0 Å². The summed E-state index contributed by atoms with van der Waals surface area (Å²) in [6, 6.07) is 54.2. The number of furan rings is 2. The molecule has 2 aromatic heterocycles. The molecule has 0 unspecified atom stereocenters. The number of hydrogen-bond donors (Lipinski definition) is 0. The molecule has 0 radical (unpaired) electrons. The van der Waals surface area contributed by atoms with Crippen molar-refractivity contribution in [1.82, 2.24) is 0 Å². The Morgan fingerprint density at radius 1 is 0.383 bits per heavy atom. The third-order valence-electron chi connectivity index (χ3n) is 10.0. The smallest absolute Gasteiger partial charge is 0.252 e. The normalized spacial score (nSPS) is 13.4. The van der Waals surface area contributed by atoms with Crippen LogP contribution < -0.4 is 26.2 Å². The lowest BCUT2D eigenvalue weighted by atomic mass is 9.33. The van der Waals surface area contributed by atoms with E-state index in [1.54, 1.807) is 0 Å². The van der Waals surface area contributed by atoms with Crippen molar-refractivity contribution in [3.05, 3.63) is 152 Å². The number of anilines is 6. The Morgan fingerprint density at radius 2 is 0.915 bits per heavy atom. The van der Waals surface area contributed by atoms with Crippen LogP contribution in [0.25, 0.3) is 43.9 Å². The van der Waals surface area contributed by atoms with Crippen molar-refractivity contribution in [1.29, 1.82) is 0 Å². The fraction of sp³-hybridized carbons (Fsp3) is 0. The molecule has 4 heterocycles. The molecular formula is C42H25BN2O2. The van der Waals surface area contributed by atoms with Gasteiger partial charge in [-0.3, -0.25) is 0 Å². The molecule has 5 heteroatoms. The number of benzene rings is 7. The van der Waals surface area contributed by atoms with Gasteiger partial charge in [0.05, 0.1) is 11.1 Å². The largest absolute Gasteiger partial charge is 0.456 e. The fourth-order valence-electron chi connectivity index (χ4n) is 8.17. The van der Waals surface area contributed by atoms with Crippen molar-refractivity contribution in [3.63, 3.8) is 0 Å². The van der Waals surface area contributed by atoms with Gasteiger partial charge in [-0.1, -0.05) is 84.9 Å². The van der Waals surface area contributed by atoms with Gasteiger partial charge < -0.3 is 18.6 Å². The Labute approximate surface area is 270 Å². The first-order chi connectivity index (χ1) is 23.3. The van der Waals surface area contributed by atoms with Crippen LogP contribution in [0.1, 0.15) is 0 Å². The van der Waals surface area contributed by atoms with Crippen LogP contribution in [0.4, 0.5) is 34.1 Å². The minimum atomic E-state index is 0.0832. The molecule has 218 valence electrons. The summed E-state index contributed by atoms with van der Waals surface area (Å²) in [7, 11) is 0. The first kappa shape index (κ1) is 25.0. The molecule has 0 aliphatic carbocycles. The van der Waals surface area contributed by atoms with Gasteiger partial charge in [-0.05, 0) is 83.1 Å². The van der Waals surface area contributed by atoms with Crippen LogP contribution in [0.3, 0.4) is 0 Å². The summed E-state index contributed by atoms with van der Waals surface area (Å²) in [5.74, 6) is 0. The molecule has 9 aromatic rings. The highest BCUT2D eigenvalue weighted by molar-refractivity contribution is 7.00. The van der Waals surface area contributed by atoms with E-state index in [-0.39, 0.29) is 6.71 Å². The van der Waals surface area contributed by atoms with Crippen molar-refractivity contribution in [2.75, 3.05) is 9.80 Å². The highest BCUT2D eigenvalue weighted by Crippen LogP contribution is 2.47. The number of nitrogens with zero attached hydrogens (tertiary/aromatic N) is 2. The number of hydrogen-bond acceptors (Lipinski definition) is 4. The zero-order valence-corrected chi connectivity index (χ0v) is 25.2. The number of rotatable bonds is 2. The maximum atomic E-state index is 6.37. The van der Waals surface area contributed by atoms with Crippen LogP contribution in [0.15, 0.2) is 160 Å². The Balaban J connectivity index is 1.21. The van der Waals surface area contributed by atoms with Gasteiger partial charge in [0.15, 0.2) is 0 Å². The molecule has 0 atom stereocenters. The van der Waals surface area contributed by atoms with Crippen molar-refractivity contribution in [2.45, 2.75) is 0 Å². The zero-order valence-electron chi connectivity index (χ0n) is 25.2. The highest BCUT2D eigenvalue weighted by Gasteiger charge is 2.43. The summed E-state index contributed by atoms with van der Waals surface area (Å²) < 4.78 is 12.6. The maximum Gasteiger partial charge on any atom is 0.252 e. The van der Waals surface area contributed by atoms with Crippen molar-refractivity contribution >= 4 is 101 Å². The summed E-state index contributed by atoms with van der Waals surface area (Å²) >= 11 is 0. The minimum absolute atomic E-state index is 0.0832. The van der Waals surface area contributed by atoms with Crippen molar-refractivity contribution in [2.24, 2.45) is 0 Å². The van der Waals surface area contributed by atoms with Crippen LogP contribution in [0.2, 0.25) is 0 Å². The van der Waals surface area contributed by atoms with E-state index in [1.165, 1.54) is 39.1 Å². The number of fused-ring (bicyclic) bond motifs is 10. The molecule has 0 saturated heterocycles. The summed E-state index contributed by atoms with van der Waals surface area (Å²) in [5, 5.41) is 4.49. The monoisotopic (exact) mass is 600 g/mol. The van der Waals surface area contributed by atoms with Crippen LogP contribution in [0.5, 0.6) is 0 Å². The Morgan fingerprint density at radius 3 is 1.72 bits per heavy atom. The highest BCUT2D eigenvalue weighted by atomic mass is 16.3. The molecule has 0 spiro atoms. The average Bonchev–Trinajstić information content (AvgIpc) is 3.70. The fourth-order valence-corrected chi connectivity index (χ4v) is 8.17. The molecule has 47 heavy (non-hydrogen) atoms. The second-order valence-electron chi connectivity index (χ2n) is 12.5. The predicted octanol–water partition coefficient (Wildman–Crippen LogP) is 9.57. The standard InChI is InChI=1S/C42H25BN2O2/c1-7-20-37-27(11-1)29-25-26(23-24-39(29)46-37)44-32-15-5-3-13-30(32)43-31-14-4-6-16-33(31)45(36-19-9-18-35(44)42(36)43)34-17-10-22-40-41(34)28-12-2-8-21-38(28)47-40/h1-25H. The van der Waals surface area contributed by atoms with E-state index in [0.717, 1.165) is 55.3 Å². The van der Waals surface area contributed by atoms with Gasteiger partial charge in [-0.2, -0.15) is 0 Å². The van der Waals surface area contributed by atoms with Crippen LogP contribution in [0, 0.1) is 0 Å². The van der Waals surface area contributed by atoms with E-state index in [4.69, 9.17) is 8.83 Å². The molecule has 2 aliphatic heterocycles. The lowest BCUT2D eigenvalue weighted by Gasteiger charge is -2.44. The SMILES string of the molecule is c1ccc2c(c1)B1c3ccccc3N(c3cccc4oc5ccccc5c34)c3cccc(c31)N2c1ccc2oc3ccccc3c2c1. The van der Waals surface area contributed by atoms with E-state index in [0.29, 0.717) is 0 Å². The lowest BCUT2D eigenvalue weighted by Crippen LogP contribution is -2.61. The third-order valence-corrected chi connectivity index (χ3v) is 10.0. The van der Waals surface area contributed by atoms with Crippen molar-refractivity contribution in [3.8, 4) is 0 Å². The molecule has 0 saturated carbocycles. The van der Waals surface area contributed by atoms with E-state index in [2.05, 4.69) is 143 Å². The molecule has 0 amide bonds. The van der Waals surface area contributed by atoms with E-state index < -0.39 is 0 Å². The Bertz CT molecular complexity index is 2740. The van der Waals surface area contributed by atoms with Gasteiger partial charge in [0.25, 0.3) is 6.71 Å². The third kappa shape index (κ3) is 3.32. The van der Waals surface area contributed by atoms with Crippen LogP contribution in [-0.4, -0.2) is 6.71 Å². The van der Waals surface area contributed by atoms with E-state index in [9.17, 15) is 0 Å². The zero-order chi connectivity index (χ0) is 30.6. The Hall–Kier alpha value is -6.20. The minimum Gasteiger partial charge on any atom is -0.456 e. The summed E-state index contributed by atoms with van der Waals surface area (Å²) in [5.41, 5.74) is 14.4. The molecule has 2 aliphatic rings. The summed E-state index contributed by atoms with van der Waals surface area (Å²) in [6.07, 6.45) is 0. The van der Waals surface area contributed by atoms with Gasteiger partial charge in [0, 0.05) is 44.6 Å². The van der Waals surface area contributed by atoms with Gasteiger partial charge in [-0.15, -0.1) is 0 Å². The van der Waals surface area contributed by atoms with Gasteiger partial charge in [0.1, 0.15) is 22.3 Å². The summed E-state index contributed by atoms with van der Waals surface area (Å²) in [4.78, 5) is 4.89. The van der Waals surface area contributed by atoms with Gasteiger partial charge in [0.2, 0.25) is 0 Å². The molecule has 7 aromatic carbocycles. The summed E-state index contributed by atoms with van der Waals surface area (Å²) in [6.45, 7) is 0.0832. The molecule has 0 fully saturated rings.